The summed E-state index contributed by atoms with van der Waals surface area (Å²) in [6.45, 7) is 2.16. The lowest BCUT2D eigenvalue weighted by atomic mass is 9.89. The predicted molar refractivity (Wildman–Crippen MR) is 87.3 cm³/mol. The van der Waals surface area contributed by atoms with Gasteiger partial charge < -0.3 is 9.84 Å². The van der Waals surface area contributed by atoms with Crippen LogP contribution in [0.25, 0.3) is 0 Å². The minimum Gasteiger partial charge on any atom is -0.346 e. The van der Waals surface area contributed by atoms with E-state index in [2.05, 4.69) is 25.7 Å². The van der Waals surface area contributed by atoms with Gasteiger partial charge in [0.15, 0.2) is 10.2 Å². The van der Waals surface area contributed by atoms with Crippen molar-refractivity contribution in [3.63, 3.8) is 0 Å². The fraction of sp³-hybridized carbons (Fsp3) is 0.643. The van der Waals surface area contributed by atoms with Crippen LogP contribution in [-0.2, 0) is 11.3 Å². The molecule has 1 fully saturated rings. The first kappa shape index (κ1) is 16.4. The quantitative estimate of drug-likeness (QED) is 0.798. The topological polar surface area (TPSA) is 93.8 Å². The minimum atomic E-state index is -0.0831. The third kappa shape index (κ3) is 4.74. The molecule has 0 aromatic carbocycles. The second kappa shape index (κ2) is 7.87. The van der Waals surface area contributed by atoms with Crippen LogP contribution >= 0.6 is 23.1 Å². The van der Waals surface area contributed by atoms with Gasteiger partial charge in [0, 0.05) is 5.92 Å². The molecule has 0 aliphatic heterocycles. The van der Waals surface area contributed by atoms with E-state index in [1.54, 1.807) is 0 Å². The first-order chi connectivity index (χ1) is 11.2. The van der Waals surface area contributed by atoms with Gasteiger partial charge in [0.05, 0.1) is 12.3 Å². The van der Waals surface area contributed by atoms with Crippen LogP contribution in [0.2, 0.25) is 0 Å². The summed E-state index contributed by atoms with van der Waals surface area (Å²) in [5.74, 6) is 1.88. The summed E-state index contributed by atoms with van der Waals surface area (Å²) in [6.07, 6.45) is 6.01. The molecule has 2 heterocycles. The zero-order valence-corrected chi connectivity index (χ0v) is 14.6. The first-order valence-corrected chi connectivity index (χ1v) is 9.53. The number of hydrogen-bond acceptors (Lipinski definition) is 8. The number of thioether (sulfide) groups is 1. The molecule has 1 saturated carbocycles. The Labute approximate surface area is 142 Å². The van der Waals surface area contributed by atoms with Gasteiger partial charge in [-0.05, 0) is 19.8 Å². The van der Waals surface area contributed by atoms with Crippen molar-refractivity contribution in [1.29, 1.82) is 0 Å². The zero-order valence-electron chi connectivity index (χ0n) is 12.9. The monoisotopic (exact) mass is 353 g/mol. The standard InChI is InChI=1S/C14H19N5O2S2/c1-9-17-18-14(23-9)22-8-11(20)15-7-12-16-13(19-21-12)10-5-3-2-4-6-10/h10H,2-8H2,1H3,(H,15,20). The first-order valence-electron chi connectivity index (χ1n) is 7.73. The number of hydrogen-bond donors (Lipinski definition) is 1. The Bertz CT molecular complexity index is 651. The molecule has 1 aliphatic carbocycles. The maximum Gasteiger partial charge on any atom is 0.246 e. The number of amides is 1. The number of carbonyl (C=O) groups is 1. The Morgan fingerprint density at radius 1 is 1.35 bits per heavy atom. The van der Waals surface area contributed by atoms with Crippen LogP contribution in [0.5, 0.6) is 0 Å². The SMILES string of the molecule is Cc1nnc(SCC(=O)NCc2nc(C3CCCCC3)no2)s1. The smallest absolute Gasteiger partial charge is 0.246 e. The molecule has 0 radical (unpaired) electrons. The van der Waals surface area contributed by atoms with Crippen molar-refractivity contribution in [2.45, 2.75) is 55.8 Å². The summed E-state index contributed by atoms with van der Waals surface area (Å²) in [5, 5.41) is 15.6. The summed E-state index contributed by atoms with van der Waals surface area (Å²) >= 11 is 2.86. The van der Waals surface area contributed by atoms with Crippen molar-refractivity contribution in [3.05, 3.63) is 16.7 Å². The lowest BCUT2D eigenvalue weighted by Gasteiger charge is -2.17. The molecule has 23 heavy (non-hydrogen) atoms. The van der Waals surface area contributed by atoms with Gasteiger partial charge in [-0.1, -0.05) is 47.5 Å². The highest BCUT2D eigenvalue weighted by Crippen LogP contribution is 2.30. The average Bonchev–Trinajstić information content (AvgIpc) is 3.21. The molecule has 0 bridgehead atoms. The highest BCUT2D eigenvalue weighted by Gasteiger charge is 2.21. The van der Waals surface area contributed by atoms with Crippen LogP contribution in [-0.4, -0.2) is 32.0 Å². The van der Waals surface area contributed by atoms with Crippen LogP contribution in [0.15, 0.2) is 8.86 Å². The fourth-order valence-electron chi connectivity index (χ4n) is 2.56. The molecule has 2 aromatic heterocycles. The Hall–Kier alpha value is -1.48. The van der Waals surface area contributed by atoms with Gasteiger partial charge in [0.2, 0.25) is 11.8 Å². The Balaban J connectivity index is 1.42. The summed E-state index contributed by atoms with van der Waals surface area (Å²) in [6, 6.07) is 0. The van der Waals surface area contributed by atoms with Gasteiger partial charge in [-0.2, -0.15) is 4.98 Å². The van der Waals surface area contributed by atoms with Crippen LogP contribution < -0.4 is 5.32 Å². The third-order valence-electron chi connectivity index (χ3n) is 3.73. The lowest BCUT2D eigenvalue weighted by Crippen LogP contribution is -2.24. The van der Waals surface area contributed by atoms with Crippen molar-refractivity contribution in [1.82, 2.24) is 25.7 Å². The maximum absolute atomic E-state index is 11.8. The van der Waals surface area contributed by atoms with Gasteiger partial charge in [0.1, 0.15) is 5.01 Å². The molecule has 0 unspecified atom stereocenters. The minimum absolute atomic E-state index is 0.0831. The van der Waals surface area contributed by atoms with Gasteiger partial charge in [0.25, 0.3) is 0 Å². The molecule has 0 spiro atoms. The highest BCUT2D eigenvalue weighted by molar-refractivity contribution is 8.01. The van der Waals surface area contributed by atoms with E-state index in [1.165, 1.54) is 42.4 Å². The Morgan fingerprint density at radius 3 is 2.91 bits per heavy atom. The molecule has 2 aromatic rings. The molecule has 1 N–H and O–H groups in total. The largest absolute Gasteiger partial charge is 0.346 e. The number of rotatable bonds is 6. The fourth-order valence-corrected chi connectivity index (χ4v) is 4.20. The number of carbonyl (C=O) groups excluding carboxylic acids is 1. The van der Waals surface area contributed by atoms with Crippen LogP contribution in [0.3, 0.4) is 0 Å². The van der Waals surface area contributed by atoms with Crippen molar-refractivity contribution in [3.8, 4) is 0 Å². The van der Waals surface area contributed by atoms with E-state index in [4.69, 9.17) is 4.52 Å². The molecule has 1 amide bonds. The summed E-state index contributed by atoms with van der Waals surface area (Å²) < 4.78 is 6.03. The van der Waals surface area contributed by atoms with E-state index in [-0.39, 0.29) is 12.5 Å². The van der Waals surface area contributed by atoms with Crippen molar-refractivity contribution >= 4 is 29.0 Å². The third-order valence-corrected chi connectivity index (χ3v) is 5.70. The predicted octanol–water partition coefficient (Wildman–Crippen LogP) is 2.69. The lowest BCUT2D eigenvalue weighted by molar-refractivity contribution is -0.118. The Morgan fingerprint density at radius 2 is 2.17 bits per heavy atom. The van der Waals surface area contributed by atoms with Crippen molar-refractivity contribution in [2.75, 3.05) is 5.75 Å². The van der Waals surface area contributed by atoms with E-state index in [0.29, 0.717) is 17.6 Å². The van der Waals surface area contributed by atoms with Gasteiger partial charge in [-0.25, -0.2) is 0 Å². The molecular formula is C14H19N5O2S2. The highest BCUT2D eigenvalue weighted by atomic mass is 32.2. The number of aryl methyl sites for hydroxylation is 1. The van der Waals surface area contributed by atoms with Crippen LogP contribution in [0, 0.1) is 6.92 Å². The zero-order chi connectivity index (χ0) is 16.1. The molecule has 124 valence electrons. The number of nitrogens with one attached hydrogen (secondary N) is 1. The van der Waals surface area contributed by atoms with Crippen molar-refractivity contribution in [2.24, 2.45) is 0 Å². The normalized spacial score (nSPS) is 15.7. The molecule has 3 rings (SSSR count). The summed E-state index contributed by atoms with van der Waals surface area (Å²) in [7, 11) is 0. The Kier molecular flexibility index (Phi) is 5.60. The second-order valence-corrected chi connectivity index (χ2v) is 7.94. The number of aromatic nitrogens is 4. The molecule has 1 aliphatic rings. The van der Waals surface area contributed by atoms with Crippen LogP contribution in [0.4, 0.5) is 0 Å². The number of nitrogens with zero attached hydrogens (tertiary/aromatic N) is 4. The summed E-state index contributed by atoms with van der Waals surface area (Å²) in [5.41, 5.74) is 0. The molecule has 9 heteroatoms. The van der Waals surface area contributed by atoms with Gasteiger partial charge in [-0.3, -0.25) is 4.79 Å². The molecule has 7 nitrogen and oxygen atoms in total. The molecule has 0 saturated heterocycles. The molecule has 0 atom stereocenters. The van der Waals surface area contributed by atoms with E-state index >= 15 is 0 Å². The average molecular weight is 353 g/mol. The second-order valence-electron chi connectivity index (χ2n) is 5.53. The van der Waals surface area contributed by atoms with Crippen LogP contribution in [0.1, 0.15) is 54.7 Å². The summed E-state index contributed by atoms with van der Waals surface area (Å²) in [4.78, 5) is 16.2. The molecular weight excluding hydrogens is 334 g/mol. The van der Waals surface area contributed by atoms with Gasteiger partial charge >= 0.3 is 0 Å². The van der Waals surface area contributed by atoms with E-state index < -0.39 is 0 Å². The maximum atomic E-state index is 11.8. The van der Waals surface area contributed by atoms with E-state index in [1.807, 2.05) is 6.92 Å². The van der Waals surface area contributed by atoms with Crippen molar-refractivity contribution < 1.29 is 9.32 Å². The van der Waals surface area contributed by atoms with E-state index in [0.717, 1.165) is 28.0 Å². The van der Waals surface area contributed by atoms with Gasteiger partial charge in [-0.15, -0.1) is 10.2 Å². The van der Waals surface area contributed by atoms with E-state index in [9.17, 15) is 4.79 Å².